The molecule has 1 spiro atoms. The minimum absolute atomic E-state index is 0.171. The summed E-state index contributed by atoms with van der Waals surface area (Å²) in [4.78, 5) is 0.813. The minimum atomic E-state index is 0.171. The van der Waals surface area contributed by atoms with Crippen molar-refractivity contribution in [3.05, 3.63) is 35.9 Å². The van der Waals surface area contributed by atoms with Gasteiger partial charge in [0.2, 0.25) is 0 Å². The molecule has 0 heterocycles. The van der Waals surface area contributed by atoms with Gasteiger partial charge in [0.1, 0.15) is 0 Å². The van der Waals surface area contributed by atoms with Crippen molar-refractivity contribution in [3.63, 3.8) is 0 Å². The minimum Gasteiger partial charge on any atom is -0.393 e. The molecule has 5 aliphatic carbocycles. The topological polar surface area (TPSA) is 26.0 Å². The fourth-order valence-electron chi connectivity index (χ4n) is 6.66. The first kappa shape index (κ1) is 12.6. The summed E-state index contributed by atoms with van der Waals surface area (Å²) in [6.07, 6.45) is 9.50. The molecule has 0 aromatic heterocycles. The monoisotopic (exact) mass is 297 g/mol. The van der Waals surface area contributed by atoms with Crippen LogP contribution in [0.15, 0.2) is 30.3 Å². The Kier molecular flexibility index (Phi) is 2.23. The van der Waals surface area contributed by atoms with Crippen molar-refractivity contribution in [1.82, 2.24) is 0 Å². The van der Waals surface area contributed by atoms with Crippen LogP contribution in [-0.4, -0.2) is 4.99 Å². The van der Waals surface area contributed by atoms with E-state index >= 15 is 0 Å². The molecule has 2 heteroatoms. The highest BCUT2D eigenvalue weighted by atomic mass is 32.1. The highest BCUT2D eigenvalue weighted by Gasteiger charge is 2.70. The highest BCUT2D eigenvalue weighted by molar-refractivity contribution is 7.80. The molecule has 6 rings (SSSR count). The zero-order valence-corrected chi connectivity index (χ0v) is 13.3. The second kappa shape index (κ2) is 3.71. The quantitative estimate of drug-likeness (QED) is 0.828. The van der Waals surface area contributed by atoms with Crippen molar-refractivity contribution in [3.8, 4) is 0 Å². The van der Waals surface area contributed by atoms with Crippen LogP contribution in [0.5, 0.6) is 0 Å². The number of hydrogen-bond donors (Lipinski definition) is 1. The van der Waals surface area contributed by atoms with Gasteiger partial charge in [-0.15, -0.1) is 0 Å². The standard InChI is InChI=1S/C19H23NS/c20-16(21)18-10-14-8-17(12-18,13-4-2-1-3-5-13)9-15(11-18)19(14)6-7-19/h1-5,14-15H,6-12H2,(H2,20,21). The highest BCUT2D eigenvalue weighted by Crippen LogP contribution is 2.77. The van der Waals surface area contributed by atoms with Crippen LogP contribution < -0.4 is 5.73 Å². The van der Waals surface area contributed by atoms with E-state index in [0.717, 1.165) is 16.8 Å². The largest absolute Gasteiger partial charge is 0.393 e. The van der Waals surface area contributed by atoms with Crippen LogP contribution in [0.3, 0.4) is 0 Å². The number of benzene rings is 1. The molecule has 2 atom stereocenters. The van der Waals surface area contributed by atoms with Crippen LogP contribution >= 0.6 is 12.2 Å². The Hall–Kier alpha value is -0.890. The van der Waals surface area contributed by atoms with Gasteiger partial charge < -0.3 is 5.73 Å². The predicted molar refractivity (Wildman–Crippen MR) is 89.1 cm³/mol. The van der Waals surface area contributed by atoms with Gasteiger partial charge in [-0.05, 0) is 73.2 Å². The summed E-state index contributed by atoms with van der Waals surface area (Å²) in [5.41, 5.74) is 9.06. The van der Waals surface area contributed by atoms with E-state index in [9.17, 15) is 0 Å². The maximum Gasteiger partial charge on any atom is 0.0790 e. The fraction of sp³-hybridized carbons (Fsp3) is 0.632. The molecule has 2 N–H and O–H groups in total. The molecule has 1 aromatic carbocycles. The van der Waals surface area contributed by atoms with Crippen molar-refractivity contribution in [1.29, 1.82) is 0 Å². The van der Waals surface area contributed by atoms with E-state index in [1.54, 1.807) is 5.56 Å². The Bertz CT molecular complexity index is 598. The van der Waals surface area contributed by atoms with Gasteiger partial charge in [-0.3, -0.25) is 0 Å². The average Bonchev–Trinajstić information content (AvgIpc) is 3.27. The second-order valence-electron chi connectivity index (χ2n) is 8.41. The Morgan fingerprint density at radius 2 is 1.62 bits per heavy atom. The van der Waals surface area contributed by atoms with E-state index in [1.807, 2.05) is 0 Å². The van der Waals surface area contributed by atoms with Crippen molar-refractivity contribution < 1.29 is 0 Å². The van der Waals surface area contributed by atoms with Crippen LogP contribution in [0.1, 0.15) is 50.5 Å². The van der Waals surface area contributed by atoms with Crippen LogP contribution in [0.4, 0.5) is 0 Å². The molecule has 5 saturated carbocycles. The summed E-state index contributed by atoms with van der Waals surface area (Å²) in [6.45, 7) is 0. The molecule has 4 bridgehead atoms. The Morgan fingerprint density at radius 3 is 2.14 bits per heavy atom. The molecular weight excluding hydrogens is 274 g/mol. The van der Waals surface area contributed by atoms with Gasteiger partial charge in [-0.2, -0.15) is 0 Å². The van der Waals surface area contributed by atoms with Gasteiger partial charge in [0, 0.05) is 5.41 Å². The molecule has 21 heavy (non-hydrogen) atoms. The molecule has 2 unspecified atom stereocenters. The number of thiocarbonyl (C=S) groups is 1. The fourth-order valence-corrected chi connectivity index (χ4v) is 6.90. The number of hydrogen-bond acceptors (Lipinski definition) is 1. The SMILES string of the molecule is NC(=S)C12CC3CC(c4ccccc4)(CC(C1)C31CC1)C2. The van der Waals surface area contributed by atoms with Crippen LogP contribution in [-0.2, 0) is 5.41 Å². The van der Waals surface area contributed by atoms with Crippen molar-refractivity contribution in [2.75, 3.05) is 0 Å². The number of nitrogens with two attached hydrogens (primary N) is 1. The van der Waals surface area contributed by atoms with E-state index in [2.05, 4.69) is 30.3 Å². The van der Waals surface area contributed by atoms with Gasteiger partial charge in [0.05, 0.1) is 4.99 Å². The third-order valence-corrected chi connectivity index (χ3v) is 8.02. The van der Waals surface area contributed by atoms with Crippen LogP contribution in [0.25, 0.3) is 0 Å². The molecule has 0 amide bonds. The molecule has 1 aromatic rings. The maximum absolute atomic E-state index is 6.27. The maximum atomic E-state index is 6.27. The van der Waals surface area contributed by atoms with Gasteiger partial charge in [-0.1, -0.05) is 42.5 Å². The zero-order valence-electron chi connectivity index (χ0n) is 12.5. The van der Waals surface area contributed by atoms with E-state index in [-0.39, 0.29) is 5.41 Å². The summed E-state index contributed by atoms with van der Waals surface area (Å²) in [5.74, 6) is 1.75. The second-order valence-corrected chi connectivity index (χ2v) is 8.85. The lowest BCUT2D eigenvalue weighted by Gasteiger charge is -2.65. The van der Waals surface area contributed by atoms with Crippen molar-refractivity contribution >= 4 is 17.2 Å². The van der Waals surface area contributed by atoms with Gasteiger partial charge >= 0.3 is 0 Å². The summed E-state index contributed by atoms with van der Waals surface area (Å²) in [6, 6.07) is 11.2. The molecule has 1 nitrogen and oxygen atoms in total. The normalized spacial score (nSPS) is 45.0. The summed E-state index contributed by atoms with van der Waals surface area (Å²) in [5, 5.41) is 0. The van der Waals surface area contributed by atoms with Crippen molar-refractivity contribution in [2.24, 2.45) is 28.4 Å². The zero-order chi connectivity index (χ0) is 14.3. The Labute approximate surface area is 132 Å². The summed E-state index contributed by atoms with van der Waals surface area (Å²) in [7, 11) is 0. The summed E-state index contributed by atoms with van der Waals surface area (Å²) < 4.78 is 0. The first-order chi connectivity index (χ1) is 10.1. The van der Waals surface area contributed by atoms with Crippen LogP contribution in [0.2, 0.25) is 0 Å². The molecule has 0 aliphatic heterocycles. The lowest BCUT2D eigenvalue weighted by atomic mass is 9.39. The van der Waals surface area contributed by atoms with Crippen LogP contribution in [0, 0.1) is 22.7 Å². The lowest BCUT2D eigenvalue weighted by Crippen LogP contribution is -2.61. The Morgan fingerprint density at radius 1 is 1.00 bits per heavy atom. The lowest BCUT2D eigenvalue weighted by molar-refractivity contribution is -0.0938. The molecular formula is C19H23NS. The molecule has 0 saturated heterocycles. The summed E-state index contributed by atoms with van der Waals surface area (Å²) >= 11 is 5.56. The molecule has 110 valence electrons. The van der Waals surface area contributed by atoms with Gasteiger partial charge in [-0.25, -0.2) is 0 Å². The third kappa shape index (κ3) is 1.45. The van der Waals surface area contributed by atoms with Gasteiger partial charge in [0.15, 0.2) is 0 Å². The van der Waals surface area contributed by atoms with E-state index < -0.39 is 0 Å². The average molecular weight is 297 g/mol. The van der Waals surface area contributed by atoms with E-state index in [0.29, 0.717) is 10.8 Å². The molecule has 5 fully saturated rings. The first-order valence-corrected chi connectivity index (χ1v) is 8.85. The predicted octanol–water partition coefficient (Wildman–Crippen LogP) is 4.20. The Balaban J connectivity index is 1.65. The smallest absolute Gasteiger partial charge is 0.0790 e. The third-order valence-electron chi connectivity index (χ3n) is 7.59. The van der Waals surface area contributed by atoms with Gasteiger partial charge in [0.25, 0.3) is 0 Å². The van der Waals surface area contributed by atoms with E-state index in [1.165, 1.54) is 44.9 Å². The van der Waals surface area contributed by atoms with Crippen molar-refractivity contribution in [2.45, 2.75) is 50.4 Å². The molecule has 5 aliphatic rings. The first-order valence-electron chi connectivity index (χ1n) is 8.44. The number of rotatable bonds is 2. The van der Waals surface area contributed by atoms with E-state index in [4.69, 9.17) is 18.0 Å². The molecule has 0 radical (unpaired) electrons.